The van der Waals surface area contributed by atoms with Crippen molar-refractivity contribution in [2.24, 2.45) is 11.8 Å². The van der Waals surface area contributed by atoms with Gasteiger partial charge in [0.15, 0.2) is 8.32 Å². The number of carbonyl (C=O) groups excluding carboxylic acids is 1. The summed E-state index contributed by atoms with van der Waals surface area (Å²) < 4.78 is 48.4. The van der Waals surface area contributed by atoms with Gasteiger partial charge in [0, 0.05) is 19.0 Å². The fourth-order valence-corrected chi connectivity index (χ4v) is 8.98. The van der Waals surface area contributed by atoms with Gasteiger partial charge in [0.25, 0.3) is 0 Å². The average Bonchev–Trinajstić information content (AvgIpc) is 3.44. The Morgan fingerprint density at radius 1 is 1.02 bits per heavy atom. The van der Waals surface area contributed by atoms with Crippen molar-refractivity contribution in [2.75, 3.05) is 7.05 Å². The molecule has 9 heteroatoms. The third kappa shape index (κ3) is 9.10. The number of hydrogen-bond donors (Lipinski definition) is 0. The molecule has 1 aliphatic rings. The Balaban J connectivity index is 1.80. The second-order valence-electron chi connectivity index (χ2n) is 15.0. The summed E-state index contributed by atoms with van der Waals surface area (Å²) in [5, 5.41) is -0.0405. The minimum absolute atomic E-state index is 0.0405. The molecular formula is C37H59NO6SSi. The zero-order chi connectivity index (χ0) is 34.6. The van der Waals surface area contributed by atoms with Crippen LogP contribution in [0, 0.1) is 32.6 Å². The van der Waals surface area contributed by atoms with Crippen LogP contribution in [0.1, 0.15) is 90.3 Å². The quantitative estimate of drug-likeness (QED) is 0.114. The molecular weight excluding hydrogens is 615 g/mol. The lowest BCUT2D eigenvalue weighted by Crippen LogP contribution is -2.51. The summed E-state index contributed by atoms with van der Waals surface area (Å²) in [5.41, 5.74) is 2.87. The third-order valence-electron chi connectivity index (χ3n) is 10.3. The van der Waals surface area contributed by atoms with Crippen molar-refractivity contribution in [2.45, 2.75) is 142 Å². The summed E-state index contributed by atoms with van der Waals surface area (Å²) in [6.07, 6.45) is 3.32. The number of nitrogens with zero attached hydrogens (tertiary/aromatic N) is 1. The summed E-state index contributed by atoms with van der Waals surface area (Å²) in [5.74, 6) is -0.266. The van der Waals surface area contributed by atoms with Gasteiger partial charge in [-0.1, -0.05) is 76.9 Å². The first-order valence-corrected chi connectivity index (χ1v) is 21.3. The van der Waals surface area contributed by atoms with E-state index in [1.165, 1.54) is 4.31 Å². The number of benzene rings is 2. The molecule has 2 aromatic rings. The average molecular weight is 674 g/mol. The van der Waals surface area contributed by atoms with Crippen molar-refractivity contribution in [3.8, 4) is 5.75 Å². The normalized spacial score (nSPS) is 20.4. The van der Waals surface area contributed by atoms with Gasteiger partial charge in [-0.25, -0.2) is 8.42 Å². The molecule has 3 rings (SSSR count). The van der Waals surface area contributed by atoms with Gasteiger partial charge >= 0.3 is 5.97 Å². The highest BCUT2D eigenvalue weighted by atomic mass is 32.2. The van der Waals surface area contributed by atoms with Crippen LogP contribution in [0.5, 0.6) is 5.75 Å². The second-order valence-corrected chi connectivity index (χ2v) is 21.8. The molecule has 2 aromatic carbocycles. The van der Waals surface area contributed by atoms with Crippen molar-refractivity contribution >= 4 is 24.3 Å². The molecule has 1 saturated heterocycles. The maximum absolute atomic E-state index is 13.7. The number of ether oxygens (including phenoxy) is 2. The molecule has 1 heterocycles. The molecule has 7 nitrogen and oxygen atoms in total. The molecule has 46 heavy (non-hydrogen) atoms. The molecule has 0 N–H and O–H groups in total. The van der Waals surface area contributed by atoms with Crippen LogP contribution in [0.15, 0.2) is 47.4 Å². The summed E-state index contributed by atoms with van der Waals surface area (Å²) in [6.45, 7) is 23.0. The van der Waals surface area contributed by atoms with E-state index in [1.54, 1.807) is 19.2 Å². The highest BCUT2D eigenvalue weighted by Gasteiger charge is 2.46. The van der Waals surface area contributed by atoms with E-state index in [4.69, 9.17) is 13.9 Å². The topological polar surface area (TPSA) is 82.1 Å². The van der Waals surface area contributed by atoms with Gasteiger partial charge in [-0.05, 0) is 94.8 Å². The SMILES string of the molecule is CCC[C@H](C[C@@H]1CC[C@H]([C@@H](C)[C@@H](O[Si](C)(C)C(C)(C)C)[C@@H](C)C(=O)Oc2c(C)cccc2C)O1)N(C)S(=O)(=O)c1ccc(C)cc1. The highest BCUT2D eigenvalue weighted by molar-refractivity contribution is 7.89. The molecule has 0 aromatic heterocycles. The van der Waals surface area contributed by atoms with E-state index in [-0.39, 0.29) is 35.2 Å². The summed E-state index contributed by atoms with van der Waals surface area (Å²) >= 11 is 0. The molecule has 1 aliphatic heterocycles. The van der Waals surface area contributed by atoms with Crippen molar-refractivity contribution < 1.29 is 27.1 Å². The van der Waals surface area contributed by atoms with E-state index in [1.807, 2.05) is 58.0 Å². The van der Waals surface area contributed by atoms with Gasteiger partial charge < -0.3 is 13.9 Å². The maximum Gasteiger partial charge on any atom is 0.316 e. The van der Waals surface area contributed by atoms with E-state index >= 15 is 0 Å². The van der Waals surface area contributed by atoms with E-state index < -0.39 is 30.4 Å². The molecule has 0 bridgehead atoms. The van der Waals surface area contributed by atoms with E-state index in [0.29, 0.717) is 17.1 Å². The van der Waals surface area contributed by atoms with Crippen LogP contribution in [0.2, 0.25) is 18.1 Å². The lowest BCUT2D eigenvalue weighted by molar-refractivity contribution is -0.144. The molecule has 0 unspecified atom stereocenters. The van der Waals surface area contributed by atoms with Gasteiger partial charge in [0.1, 0.15) is 5.75 Å². The predicted molar refractivity (Wildman–Crippen MR) is 189 cm³/mol. The van der Waals surface area contributed by atoms with Crippen molar-refractivity contribution in [3.05, 3.63) is 59.2 Å². The minimum Gasteiger partial charge on any atom is -0.426 e. The van der Waals surface area contributed by atoms with E-state index in [0.717, 1.165) is 42.4 Å². The Kier molecular flexibility index (Phi) is 12.9. The van der Waals surface area contributed by atoms with Crippen LogP contribution in [0.4, 0.5) is 0 Å². The fraction of sp³-hybridized carbons (Fsp3) is 0.649. The molecule has 0 saturated carbocycles. The van der Waals surface area contributed by atoms with Crippen LogP contribution in [-0.2, 0) is 24.0 Å². The Bertz CT molecular complexity index is 1400. The molecule has 0 spiro atoms. The van der Waals surface area contributed by atoms with Crippen LogP contribution in [0.3, 0.4) is 0 Å². The van der Waals surface area contributed by atoms with E-state index in [9.17, 15) is 13.2 Å². The monoisotopic (exact) mass is 673 g/mol. The van der Waals surface area contributed by atoms with E-state index in [2.05, 4.69) is 47.7 Å². The Hall–Kier alpha value is -2.04. The third-order valence-corrected chi connectivity index (χ3v) is 16.7. The van der Waals surface area contributed by atoms with Gasteiger partial charge in [0.05, 0.1) is 29.1 Å². The number of esters is 1. The molecule has 1 fully saturated rings. The first kappa shape index (κ1) is 38.4. The van der Waals surface area contributed by atoms with Crippen molar-refractivity contribution in [1.29, 1.82) is 0 Å². The van der Waals surface area contributed by atoms with Gasteiger partial charge in [-0.3, -0.25) is 4.79 Å². The number of rotatable bonds is 14. The standard InChI is InChI=1S/C37H59NO6SSi/c1-13-15-30(38(10)45(40,41)32-21-18-25(2)19-22-32)24-31-20-23-33(42-31)28(5)35(44-46(11,12)37(7,8)9)29(6)36(39)43-34-26(3)16-14-17-27(34)4/h14,16-19,21-22,28-31,33,35H,13,15,20,23-24H2,1-12H3/t28-,29-,30-,31+,33-,35-/m1/s1. The highest BCUT2D eigenvalue weighted by Crippen LogP contribution is 2.41. The van der Waals surface area contributed by atoms with Crippen LogP contribution < -0.4 is 4.74 Å². The van der Waals surface area contributed by atoms with Gasteiger partial charge in [-0.15, -0.1) is 0 Å². The summed E-state index contributed by atoms with van der Waals surface area (Å²) in [6, 6.07) is 12.7. The van der Waals surface area contributed by atoms with Crippen molar-refractivity contribution in [3.63, 3.8) is 0 Å². The van der Waals surface area contributed by atoms with Gasteiger partial charge in [0.2, 0.25) is 10.0 Å². The first-order valence-electron chi connectivity index (χ1n) is 17.0. The number of aryl methyl sites for hydroxylation is 3. The number of hydrogen-bond acceptors (Lipinski definition) is 6. The Labute approximate surface area is 280 Å². The lowest BCUT2D eigenvalue weighted by Gasteiger charge is -2.43. The number of para-hydroxylation sites is 1. The summed E-state index contributed by atoms with van der Waals surface area (Å²) in [4.78, 5) is 14.0. The predicted octanol–water partition coefficient (Wildman–Crippen LogP) is 8.61. The van der Waals surface area contributed by atoms with Gasteiger partial charge in [-0.2, -0.15) is 4.31 Å². The maximum atomic E-state index is 13.7. The Morgan fingerprint density at radius 2 is 1.61 bits per heavy atom. The smallest absolute Gasteiger partial charge is 0.316 e. The van der Waals surface area contributed by atoms with Crippen molar-refractivity contribution in [1.82, 2.24) is 4.31 Å². The Morgan fingerprint density at radius 3 is 2.15 bits per heavy atom. The zero-order valence-electron chi connectivity index (χ0n) is 30.3. The largest absolute Gasteiger partial charge is 0.426 e. The first-order chi connectivity index (χ1) is 21.3. The second kappa shape index (κ2) is 15.5. The fourth-order valence-electron chi connectivity index (χ4n) is 6.13. The van der Waals surface area contributed by atoms with Crippen LogP contribution in [-0.4, -0.2) is 58.4 Å². The number of sulfonamides is 1. The summed E-state index contributed by atoms with van der Waals surface area (Å²) in [7, 11) is -4.21. The van der Waals surface area contributed by atoms with Crippen LogP contribution in [0.25, 0.3) is 0 Å². The molecule has 0 amide bonds. The van der Waals surface area contributed by atoms with Crippen LogP contribution >= 0.6 is 0 Å². The molecule has 0 radical (unpaired) electrons. The molecule has 258 valence electrons. The minimum atomic E-state index is -3.64. The zero-order valence-corrected chi connectivity index (χ0v) is 32.2. The number of carbonyl (C=O) groups is 1. The molecule has 0 aliphatic carbocycles. The lowest BCUT2D eigenvalue weighted by atomic mass is 9.88. The molecule has 6 atom stereocenters.